The lowest BCUT2D eigenvalue weighted by Crippen LogP contribution is -2.85. The van der Waals surface area contributed by atoms with Gasteiger partial charge in [0.1, 0.15) is 30.3 Å². The van der Waals surface area contributed by atoms with E-state index in [2.05, 4.69) is 0 Å². The summed E-state index contributed by atoms with van der Waals surface area (Å²) in [6.45, 7) is 13.8. The molecule has 1 aliphatic heterocycles. The molecule has 0 aromatic heterocycles. The van der Waals surface area contributed by atoms with Crippen molar-refractivity contribution in [1.29, 1.82) is 0 Å². The van der Waals surface area contributed by atoms with Gasteiger partial charge in [-0.05, 0) is 39.3 Å². The van der Waals surface area contributed by atoms with Crippen LogP contribution in [0.25, 0.3) is 0 Å². The zero-order chi connectivity index (χ0) is 38.3. The Labute approximate surface area is 297 Å². The van der Waals surface area contributed by atoms with Gasteiger partial charge in [0.2, 0.25) is 0 Å². The summed E-state index contributed by atoms with van der Waals surface area (Å²) >= 11 is 0. The Morgan fingerprint density at radius 1 is 0.804 bits per heavy atom. The summed E-state index contributed by atoms with van der Waals surface area (Å²) in [6, 6.07) is 7.88. The number of aliphatic hydroxyl groups is 1. The van der Waals surface area contributed by atoms with Crippen molar-refractivity contribution in [3.63, 3.8) is 0 Å². The first kappa shape index (κ1) is 39.7. The fourth-order valence-electron chi connectivity index (χ4n) is 8.17. The lowest BCUT2D eigenvalue weighted by atomic mass is 9.45. The average molecular weight is 719 g/mol. The number of carbonyl (C=O) groups excluding carboxylic acids is 6. The van der Waals surface area contributed by atoms with Crippen molar-refractivity contribution in [3.05, 3.63) is 35.9 Å². The van der Waals surface area contributed by atoms with E-state index in [4.69, 9.17) is 33.2 Å². The van der Waals surface area contributed by atoms with Crippen molar-refractivity contribution in [2.24, 2.45) is 23.2 Å². The predicted molar refractivity (Wildman–Crippen MR) is 176 cm³/mol. The van der Waals surface area contributed by atoms with E-state index in [-0.39, 0.29) is 5.56 Å². The minimum Gasteiger partial charge on any atom is -0.464 e. The van der Waals surface area contributed by atoms with Gasteiger partial charge in [0, 0.05) is 27.2 Å². The Bertz CT molecular complexity index is 1520. The highest BCUT2D eigenvalue weighted by Crippen LogP contribution is 2.69. The van der Waals surface area contributed by atoms with Crippen molar-refractivity contribution < 1.29 is 67.0 Å². The molecular formula is C37H50O14. The van der Waals surface area contributed by atoms with E-state index in [0.717, 1.165) is 20.8 Å². The van der Waals surface area contributed by atoms with E-state index in [0.29, 0.717) is 6.42 Å². The normalized spacial score (nSPS) is 34.0. The number of hydrogen-bond acceptors (Lipinski definition) is 14. The van der Waals surface area contributed by atoms with Crippen molar-refractivity contribution >= 4 is 35.8 Å². The molecule has 14 nitrogen and oxygen atoms in total. The molecule has 282 valence electrons. The fraction of sp³-hybridized carbons (Fsp3) is 0.676. The highest BCUT2D eigenvalue weighted by molar-refractivity contribution is 5.89. The maximum atomic E-state index is 14.1. The molecule has 2 aliphatic carbocycles. The molecular weight excluding hydrogens is 668 g/mol. The number of fused-ring (bicyclic) bond motifs is 1. The quantitative estimate of drug-likeness (QED) is 0.259. The third-order valence-electron chi connectivity index (χ3n) is 10.4. The van der Waals surface area contributed by atoms with Crippen LogP contribution >= 0.6 is 0 Å². The van der Waals surface area contributed by atoms with Crippen LogP contribution < -0.4 is 0 Å². The van der Waals surface area contributed by atoms with Crippen LogP contribution in [-0.4, -0.2) is 94.9 Å². The molecule has 4 rings (SSSR count). The molecule has 0 radical (unpaired) electrons. The fourth-order valence-corrected chi connectivity index (χ4v) is 8.17. The lowest BCUT2D eigenvalue weighted by molar-refractivity contribution is -0.363. The van der Waals surface area contributed by atoms with Crippen LogP contribution in [-0.2, 0) is 57.1 Å². The Kier molecular flexibility index (Phi) is 11.3. The maximum Gasteiger partial charge on any atom is 0.338 e. The highest BCUT2D eigenvalue weighted by atomic mass is 16.7. The second kappa shape index (κ2) is 14.5. The SMILES string of the molecule is CCC(C)C(=O)OC[C@]12C(OC(=O)c3ccccc3)[C@H](OC(=O)C(C)C)C3C(OC(C)=O)C1(OC3(C)C)[C@@](C)(O)C[C@H](OC(C)=O)[C@@H]2OC(C)=O. The molecule has 1 saturated heterocycles. The Balaban J connectivity index is 2.20. The third-order valence-corrected chi connectivity index (χ3v) is 10.4. The standard InChI is InChI=1S/C37H50O14/c1-11-20(4)32(42)45-18-36-28(47-22(6)39)25(46-21(5)38)17-35(10,44)37(36)29(48-23(7)40)26(34(8,9)51-37)27(49-31(41)19(2)3)30(36)50-33(43)24-15-13-12-14-16-24/h12-16,19-20,25-30,44H,11,17-18H2,1-10H3/t20?,25-,26?,27+,28-,29?,30?,35-,36-,37?/m0/s1. The van der Waals surface area contributed by atoms with Gasteiger partial charge in [0.25, 0.3) is 0 Å². The number of carbonyl (C=O) groups is 6. The molecule has 0 amide bonds. The van der Waals surface area contributed by atoms with Crippen molar-refractivity contribution in [3.8, 4) is 0 Å². The molecule has 1 aromatic rings. The van der Waals surface area contributed by atoms with Crippen LogP contribution in [0.1, 0.15) is 92.4 Å². The summed E-state index contributed by atoms with van der Waals surface area (Å²) in [7, 11) is 0. The van der Waals surface area contributed by atoms with Gasteiger partial charge in [-0.25, -0.2) is 4.79 Å². The van der Waals surface area contributed by atoms with E-state index in [9.17, 15) is 33.9 Å². The van der Waals surface area contributed by atoms with Crippen molar-refractivity contribution in [2.75, 3.05) is 6.61 Å². The second-order valence-corrected chi connectivity index (χ2v) is 14.9. The van der Waals surface area contributed by atoms with Crippen LogP contribution in [0.5, 0.6) is 0 Å². The molecule has 3 fully saturated rings. The van der Waals surface area contributed by atoms with E-state index >= 15 is 0 Å². The number of benzene rings is 1. The Hall–Kier alpha value is -4.04. The smallest absolute Gasteiger partial charge is 0.338 e. The van der Waals surface area contributed by atoms with Gasteiger partial charge >= 0.3 is 35.8 Å². The van der Waals surface area contributed by atoms with E-state index in [1.165, 1.54) is 19.1 Å². The molecule has 1 aromatic carbocycles. The maximum absolute atomic E-state index is 14.1. The molecule has 3 aliphatic rings. The largest absolute Gasteiger partial charge is 0.464 e. The van der Waals surface area contributed by atoms with Gasteiger partial charge in [-0.15, -0.1) is 0 Å². The van der Waals surface area contributed by atoms with Gasteiger partial charge in [-0.2, -0.15) is 0 Å². The number of hydrogen-bond donors (Lipinski definition) is 1. The summed E-state index contributed by atoms with van der Waals surface area (Å²) in [5.41, 5.74) is -8.01. The minimum atomic E-state index is -2.28. The molecule has 2 saturated carbocycles. The first-order valence-corrected chi connectivity index (χ1v) is 17.2. The zero-order valence-corrected chi connectivity index (χ0v) is 30.9. The van der Waals surface area contributed by atoms with Crippen LogP contribution in [0.2, 0.25) is 0 Å². The molecule has 14 heteroatoms. The van der Waals surface area contributed by atoms with Crippen molar-refractivity contribution in [1.82, 2.24) is 0 Å². The predicted octanol–water partition coefficient (Wildman–Crippen LogP) is 3.48. The third kappa shape index (κ3) is 6.96. The van der Waals surface area contributed by atoms with Gasteiger partial charge in [0.05, 0.1) is 34.5 Å². The topological polar surface area (TPSA) is 187 Å². The van der Waals surface area contributed by atoms with Crippen molar-refractivity contribution in [2.45, 2.75) is 129 Å². The molecule has 5 unspecified atom stereocenters. The second-order valence-electron chi connectivity index (χ2n) is 14.9. The lowest BCUT2D eigenvalue weighted by Gasteiger charge is -2.66. The Morgan fingerprint density at radius 3 is 1.90 bits per heavy atom. The van der Waals surface area contributed by atoms with Crippen LogP contribution in [0, 0.1) is 23.2 Å². The summed E-state index contributed by atoms with van der Waals surface area (Å²) in [5.74, 6) is -7.29. The van der Waals surface area contributed by atoms with Crippen LogP contribution in [0.3, 0.4) is 0 Å². The number of ether oxygens (including phenoxy) is 7. The molecule has 1 N–H and O–H groups in total. The molecule has 1 spiro atoms. The molecule has 2 bridgehead atoms. The first-order chi connectivity index (χ1) is 23.7. The van der Waals surface area contributed by atoms with Crippen LogP contribution in [0.4, 0.5) is 0 Å². The van der Waals surface area contributed by atoms with Crippen LogP contribution in [0.15, 0.2) is 30.3 Å². The zero-order valence-electron chi connectivity index (χ0n) is 30.9. The average Bonchev–Trinajstić information content (AvgIpc) is 3.23. The van der Waals surface area contributed by atoms with E-state index in [1.54, 1.807) is 59.7 Å². The number of rotatable bonds is 11. The van der Waals surface area contributed by atoms with Gasteiger partial charge < -0.3 is 38.3 Å². The highest BCUT2D eigenvalue weighted by Gasteiger charge is 2.89. The van der Waals surface area contributed by atoms with Gasteiger partial charge in [-0.1, -0.05) is 45.9 Å². The minimum absolute atomic E-state index is 0.0880. The summed E-state index contributed by atoms with van der Waals surface area (Å²) in [5, 5.41) is 12.8. The van der Waals surface area contributed by atoms with Gasteiger partial charge in [0.15, 0.2) is 17.8 Å². The summed E-state index contributed by atoms with van der Waals surface area (Å²) < 4.78 is 43.3. The van der Waals surface area contributed by atoms with Gasteiger partial charge in [-0.3, -0.25) is 24.0 Å². The summed E-state index contributed by atoms with van der Waals surface area (Å²) in [4.78, 5) is 79.9. The monoisotopic (exact) mass is 718 g/mol. The van der Waals surface area contributed by atoms with E-state index < -0.39 is 119 Å². The molecule has 1 heterocycles. The number of esters is 6. The molecule has 51 heavy (non-hydrogen) atoms. The first-order valence-electron chi connectivity index (χ1n) is 17.2. The Morgan fingerprint density at radius 2 is 1.37 bits per heavy atom. The summed E-state index contributed by atoms with van der Waals surface area (Å²) in [6.07, 6.45) is -7.99. The molecule has 10 atom stereocenters. The van der Waals surface area contributed by atoms with E-state index in [1.807, 2.05) is 0 Å².